The molecule has 1 atom stereocenters. The van der Waals surface area contributed by atoms with Crippen molar-refractivity contribution in [3.63, 3.8) is 0 Å². The van der Waals surface area contributed by atoms with Crippen molar-refractivity contribution in [1.82, 2.24) is 9.03 Å². The van der Waals surface area contributed by atoms with Crippen LogP contribution in [0.25, 0.3) is 0 Å². The van der Waals surface area contributed by atoms with Gasteiger partial charge in [-0.3, -0.25) is 0 Å². The number of rotatable bonds is 7. The third-order valence-corrected chi connectivity index (χ3v) is 8.03. The number of esters is 1. The molecule has 2 aromatic rings. The monoisotopic (exact) mass is 438 g/mol. The van der Waals surface area contributed by atoms with Gasteiger partial charge in [0.15, 0.2) is 0 Å². The molecule has 1 aliphatic rings. The van der Waals surface area contributed by atoms with E-state index < -0.39 is 32.1 Å². The van der Waals surface area contributed by atoms with E-state index in [1.807, 2.05) is 0 Å². The summed E-state index contributed by atoms with van der Waals surface area (Å²) in [5.74, 6) is -0.756. The number of sulfonamides is 2. The summed E-state index contributed by atoms with van der Waals surface area (Å²) in [6.45, 7) is 0.920. The van der Waals surface area contributed by atoms with Crippen molar-refractivity contribution >= 4 is 26.0 Å². The predicted molar refractivity (Wildman–Crippen MR) is 106 cm³/mol. The van der Waals surface area contributed by atoms with E-state index >= 15 is 0 Å². The standard InChI is InChI=1S/C19H22N2O6S2/c1-27-19(22)18(15-7-3-2-4-8-15)20-28(23,24)16-9-11-17(12-10-16)29(25,26)21-13-5-6-14-21/h2-4,7-12,18,20H,5-6,13-14H2,1H3. The van der Waals surface area contributed by atoms with Gasteiger partial charge in [-0.05, 0) is 42.7 Å². The van der Waals surface area contributed by atoms with Gasteiger partial charge in [-0.15, -0.1) is 0 Å². The molecule has 10 heteroatoms. The molecule has 2 aromatic carbocycles. The highest BCUT2D eigenvalue weighted by atomic mass is 32.2. The summed E-state index contributed by atoms with van der Waals surface area (Å²) >= 11 is 0. The third kappa shape index (κ3) is 4.67. The van der Waals surface area contributed by atoms with Crippen LogP contribution < -0.4 is 4.72 Å². The first-order valence-electron chi connectivity index (χ1n) is 9.01. The minimum atomic E-state index is -4.10. The molecule has 156 valence electrons. The van der Waals surface area contributed by atoms with Gasteiger partial charge in [-0.25, -0.2) is 21.6 Å². The minimum absolute atomic E-state index is 0.0333. The van der Waals surface area contributed by atoms with Gasteiger partial charge in [0, 0.05) is 13.1 Å². The number of benzene rings is 2. The largest absolute Gasteiger partial charge is 0.468 e. The molecule has 0 aliphatic carbocycles. The molecule has 3 rings (SSSR count). The maximum atomic E-state index is 12.8. The van der Waals surface area contributed by atoms with Crippen LogP contribution in [0.5, 0.6) is 0 Å². The quantitative estimate of drug-likeness (QED) is 0.659. The van der Waals surface area contributed by atoms with Crippen molar-refractivity contribution in [2.24, 2.45) is 0 Å². The molecule has 29 heavy (non-hydrogen) atoms. The topological polar surface area (TPSA) is 110 Å². The van der Waals surface area contributed by atoms with Crippen LogP contribution in [0.15, 0.2) is 64.4 Å². The lowest BCUT2D eigenvalue weighted by molar-refractivity contribution is -0.142. The summed E-state index contributed by atoms with van der Waals surface area (Å²) < 4.78 is 59.2. The van der Waals surface area contributed by atoms with E-state index in [0.29, 0.717) is 18.7 Å². The summed E-state index contributed by atoms with van der Waals surface area (Å²) in [5.41, 5.74) is 0.427. The van der Waals surface area contributed by atoms with Crippen LogP contribution in [0, 0.1) is 0 Å². The lowest BCUT2D eigenvalue weighted by atomic mass is 10.1. The molecular formula is C19H22N2O6S2. The number of nitrogens with zero attached hydrogens (tertiary/aromatic N) is 1. The summed E-state index contributed by atoms with van der Waals surface area (Å²) in [4.78, 5) is 12.0. The van der Waals surface area contributed by atoms with Gasteiger partial charge < -0.3 is 4.74 Å². The first-order valence-corrected chi connectivity index (χ1v) is 11.9. The molecule has 1 saturated heterocycles. The third-order valence-electron chi connectivity index (χ3n) is 4.68. The molecule has 1 heterocycles. The second-order valence-corrected chi connectivity index (χ2v) is 10.2. The molecule has 1 N–H and O–H groups in total. The molecule has 0 saturated carbocycles. The van der Waals surface area contributed by atoms with Gasteiger partial charge >= 0.3 is 5.97 Å². The van der Waals surface area contributed by atoms with E-state index in [4.69, 9.17) is 4.74 Å². The number of hydrogen-bond donors (Lipinski definition) is 1. The summed E-state index contributed by atoms with van der Waals surface area (Å²) in [7, 11) is -6.57. The van der Waals surface area contributed by atoms with Gasteiger partial charge in [-0.1, -0.05) is 30.3 Å². The lowest BCUT2D eigenvalue weighted by Gasteiger charge is -2.18. The average molecular weight is 439 g/mol. The van der Waals surface area contributed by atoms with Crippen LogP contribution in [0.2, 0.25) is 0 Å². The highest BCUT2D eigenvalue weighted by molar-refractivity contribution is 7.89. The van der Waals surface area contributed by atoms with Crippen LogP contribution >= 0.6 is 0 Å². The highest BCUT2D eigenvalue weighted by Gasteiger charge is 2.30. The van der Waals surface area contributed by atoms with E-state index in [1.54, 1.807) is 30.3 Å². The fraction of sp³-hybridized carbons (Fsp3) is 0.316. The number of methoxy groups -OCH3 is 1. The number of carbonyl (C=O) groups excluding carboxylic acids is 1. The van der Waals surface area contributed by atoms with Gasteiger partial charge in [0.1, 0.15) is 6.04 Å². The normalized spacial score (nSPS) is 16.4. The van der Waals surface area contributed by atoms with Crippen LogP contribution in [0.3, 0.4) is 0 Å². The zero-order valence-electron chi connectivity index (χ0n) is 15.8. The maximum absolute atomic E-state index is 12.8. The van der Waals surface area contributed by atoms with E-state index in [9.17, 15) is 21.6 Å². The fourth-order valence-electron chi connectivity index (χ4n) is 3.11. The van der Waals surface area contributed by atoms with Crippen LogP contribution in [-0.4, -0.2) is 47.3 Å². The van der Waals surface area contributed by atoms with Crippen molar-refractivity contribution in [3.05, 3.63) is 60.2 Å². The zero-order chi connectivity index (χ0) is 21.1. The summed E-state index contributed by atoms with van der Waals surface area (Å²) in [6, 6.07) is 12.0. The van der Waals surface area contributed by atoms with Crippen molar-refractivity contribution < 1.29 is 26.4 Å². The van der Waals surface area contributed by atoms with E-state index in [1.165, 1.54) is 35.7 Å². The van der Waals surface area contributed by atoms with Gasteiger partial charge in [0.05, 0.1) is 16.9 Å². The minimum Gasteiger partial charge on any atom is -0.468 e. The summed E-state index contributed by atoms with van der Waals surface area (Å²) in [5, 5.41) is 0. The molecule has 0 amide bonds. The number of hydrogen-bond acceptors (Lipinski definition) is 6. The Balaban J connectivity index is 1.86. The second kappa shape index (κ2) is 8.62. The highest BCUT2D eigenvalue weighted by Crippen LogP contribution is 2.23. The molecule has 1 fully saturated rings. The number of nitrogens with one attached hydrogen (secondary N) is 1. The zero-order valence-corrected chi connectivity index (χ0v) is 17.4. The molecule has 1 unspecified atom stereocenters. The Bertz CT molecular complexity index is 1060. The predicted octanol–water partition coefficient (Wildman–Crippen LogP) is 1.66. The molecule has 0 spiro atoms. The molecule has 0 bridgehead atoms. The molecule has 1 aliphatic heterocycles. The van der Waals surface area contributed by atoms with Gasteiger partial charge in [-0.2, -0.15) is 9.03 Å². The second-order valence-electron chi connectivity index (χ2n) is 6.57. The van der Waals surface area contributed by atoms with E-state index in [-0.39, 0.29) is 9.79 Å². The number of ether oxygens (including phenoxy) is 1. The molecule has 0 radical (unpaired) electrons. The SMILES string of the molecule is COC(=O)C(NS(=O)(=O)c1ccc(S(=O)(=O)N2CCCC2)cc1)c1ccccc1. The Kier molecular flexibility index (Phi) is 6.37. The van der Waals surface area contributed by atoms with E-state index in [0.717, 1.165) is 12.8 Å². The van der Waals surface area contributed by atoms with Crippen molar-refractivity contribution in [2.75, 3.05) is 20.2 Å². The lowest BCUT2D eigenvalue weighted by Crippen LogP contribution is -2.34. The molecule has 0 aromatic heterocycles. The number of carbonyl (C=O) groups is 1. The average Bonchev–Trinajstić information content (AvgIpc) is 3.28. The van der Waals surface area contributed by atoms with Gasteiger partial charge in [0.25, 0.3) is 0 Å². The summed E-state index contributed by atoms with van der Waals surface area (Å²) in [6.07, 6.45) is 1.62. The maximum Gasteiger partial charge on any atom is 0.328 e. The Labute approximate surface area is 170 Å². The van der Waals surface area contributed by atoms with Crippen molar-refractivity contribution in [2.45, 2.75) is 28.7 Å². The van der Waals surface area contributed by atoms with E-state index in [2.05, 4.69) is 4.72 Å². The Morgan fingerprint density at radius 3 is 2.03 bits per heavy atom. The molecule has 8 nitrogen and oxygen atoms in total. The van der Waals surface area contributed by atoms with Crippen molar-refractivity contribution in [3.8, 4) is 0 Å². The van der Waals surface area contributed by atoms with Crippen LogP contribution in [0.1, 0.15) is 24.4 Å². The first-order chi connectivity index (χ1) is 13.8. The van der Waals surface area contributed by atoms with Crippen LogP contribution in [0.4, 0.5) is 0 Å². The smallest absolute Gasteiger partial charge is 0.328 e. The van der Waals surface area contributed by atoms with Crippen molar-refractivity contribution in [1.29, 1.82) is 0 Å². The first kappa shape index (κ1) is 21.4. The Hall–Kier alpha value is -2.27. The Morgan fingerprint density at radius 1 is 0.931 bits per heavy atom. The molecular weight excluding hydrogens is 416 g/mol. The van der Waals surface area contributed by atoms with Gasteiger partial charge in [0.2, 0.25) is 20.0 Å². The van der Waals surface area contributed by atoms with Crippen LogP contribution in [-0.2, 0) is 29.6 Å². The Morgan fingerprint density at radius 2 is 1.48 bits per heavy atom. The fourth-order valence-corrected chi connectivity index (χ4v) is 5.80.